The van der Waals surface area contributed by atoms with E-state index in [4.69, 9.17) is 0 Å². The van der Waals surface area contributed by atoms with Crippen LogP contribution in [0.4, 0.5) is 13.2 Å². The van der Waals surface area contributed by atoms with E-state index in [2.05, 4.69) is 5.10 Å². The van der Waals surface area contributed by atoms with Gasteiger partial charge in [-0.25, -0.2) is 9.48 Å². The fraction of sp³-hybridized carbons (Fsp3) is 0.250. The van der Waals surface area contributed by atoms with E-state index in [1.165, 1.54) is 33.0 Å². The van der Waals surface area contributed by atoms with Crippen molar-refractivity contribution in [3.05, 3.63) is 70.3 Å². The van der Waals surface area contributed by atoms with E-state index in [9.17, 15) is 18.0 Å². The van der Waals surface area contributed by atoms with Crippen LogP contribution in [0.15, 0.2) is 53.5 Å². The normalized spacial score (nSPS) is 12.0. The lowest BCUT2D eigenvalue weighted by molar-refractivity contribution is -0.138. The molecule has 3 aromatic rings. The molecule has 0 saturated carbocycles. The molecule has 3 rings (SSSR count). The summed E-state index contributed by atoms with van der Waals surface area (Å²) in [6, 6.07) is 10.8. The summed E-state index contributed by atoms with van der Waals surface area (Å²) in [4.78, 5) is 12.1. The van der Waals surface area contributed by atoms with E-state index in [-0.39, 0.29) is 17.0 Å². The lowest BCUT2D eigenvalue weighted by atomic mass is 10.1. The van der Waals surface area contributed by atoms with Crippen molar-refractivity contribution in [1.82, 2.24) is 14.2 Å². The maximum absolute atomic E-state index is 12.9. The molecule has 0 amide bonds. The van der Waals surface area contributed by atoms with Crippen molar-refractivity contribution in [2.75, 3.05) is 5.75 Å². The van der Waals surface area contributed by atoms with Crippen molar-refractivity contribution in [1.29, 1.82) is 0 Å². The van der Waals surface area contributed by atoms with Crippen LogP contribution in [0.3, 0.4) is 0 Å². The van der Waals surface area contributed by atoms with Crippen LogP contribution in [-0.4, -0.2) is 19.9 Å². The number of aryl methyl sites for hydroxylation is 1. The van der Waals surface area contributed by atoms with Crippen LogP contribution in [0, 0.1) is 0 Å². The van der Waals surface area contributed by atoms with E-state index >= 15 is 0 Å². The van der Waals surface area contributed by atoms with Gasteiger partial charge < -0.3 is 0 Å². The molecule has 8 heteroatoms. The molecule has 0 fully saturated rings. The highest BCUT2D eigenvalue weighted by Crippen LogP contribution is 2.33. The van der Waals surface area contributed by atoms with E-state index in [0.29, 0.717) is 17.9 Å². The maximum Gasteiger partial charge on any atom is 0.416 e. The molecular weight excluding hydrogens is 339 g/mol. The summed E-state index contributed by atoms with van der Waals surface area (Å²) < 4.78 is 41.5. The summed E-state index contributed by atoms with van der Waals surface area (Å²) in [6.07, 6.45) is -2.72. The Morgan fingerprint density at radius 1 is 1.08 bits per heavy atom. The molecule has 0 spiro atoms. The van der Waals surface area contributed by atoms with Crippen LogP contribution < -0.4 is 5.69 Å². The maximum atomic E-state index is 12.9. The highest BCUT2D eigenvalue weighted by Gasteiger charge is 2.32. The molecule has 0 aliphatic carbocycles. The third-order valence-electron chi connectivity index (χ3n) is 3.52. The van der Waals surface area contributed by atoms with Crippen LogP contribution in [0.2, 0.25) is 0 Å². The first-order valence-electron chi connectivity index (χ1n) is 7.24. The molecule has 24 heavy (non-hydrogen) atoms. The van der Waals surface area contributed by atoms with Crippen molar-refractivity contribution in [3.8, 4) is 0 Å². The van der Waals surface area contributed by atoms with Gasteiger partial charge in [-0.15, -0.1) is 5.10 Å². The van der Waals surface area contributed by atoms with Crippen LogP contribution in [0.1, 0.15) is 11.1 Å². The number of alkyl halides is 3. The van der Waals surface area contributed by atoms with Crippen molar-refractivity contribution in [3.63, 3.8) is 0 Å². The Labute approximate surface area is 139 Å². The van der Waals surface area contributed by atoms with E-state index in [1.54, 1.807) is 30.5 Å². The smallest absolute Gasteiger partial charge is 0.250 e. The Balaban J connectivity index is 1.63. The van der Waals surface area contributed by atoms with Crippen LogP contribution >= 0.6 is 11.8 Å². The molecular formula is C16H14F3N3OS. The number of fused-ring (bicyclic) bond motifs is 1. The molecule has 0 saturated heterocycles. The second-order valence-electron chi connectivity index (χ2n) is 5.14. The minimum Gasteiger partial charge on any atom is -0.250 e. The molecule has 2 heterocycles. The predicted molar refractivity (Wildman–Crippen MR) is 87.1 cm³/mol. The average Bonchev–Trinajstić information content (AvgIpc) is 2.88. The number of pyridine rings is 1. The highest BCUT2D eigenvalue weighted by molar-refractivity contribution is 7.98. The van der Waals surface area contributed by atoms with Gasteiger partial charge in [0.05, 0.1) is 12.1 Å². The van der Waals surface area contributed by atoms with Gasteiger partial charge in [0.15, 0.2) is 5.65 Å². The first-order chi connectivity index (χ1) is 11.5. The van der Waals surface area contributed by atoms with Crippen LogP contribution in [0.25, 0.3) is 5.65 Å². The van der Waals surface area contributed by atoms with Crippen molar-refractivity contribution in [2.24, 2.45) is 0 Å². The summed E-state index contributed by atoms with van der Waals surface area (Å²) in [5.74, 6) is 0.730. The van der Waals surface area contributed by atoms with Gasteiger partial charge in [0.25, 0.3) is 0 Å². The predicted octanol–water partition coefficient (Wildman–Crippen LogP) is 3.45. The summed E-state index contributed by atoms with van der Waals surface area (Å²) in [6.45, 7) is 0.347. The third-order valence-corrected chi connectivity index (χ3v) is 4.50. The van der Waals surface area contributed by atoms with Crippen molar-refractivity contribution < 1.29 is 13.2 Å². The largest absolute Gasteiger partial charge is 0.416 e. The quantitative estimate of drug-likeness (QED) is 0.660. The number of benzene rings is 1. The molecule has 0 atom stereocenters. The Morgan fingerprint density at radius 3 is 2.58 bits per heavy atom. The van der Waals surface area contributed by atoms with Crippen LogP contribution in [0.5, 0.6) is 0 Å². The van der Waals surface area contributed by atoms with Gasteiger partial charge >= 0.3 is 11.9 Å². The standard InChI is InChI=1S/C16H14F3N3OS/c17-16(18,19)13-6-2-1-5-12(13)11-24-10-9-22-15(23)21-8-4-3-7-14(21)20-22/h1-8H,9-11H2. The number of nitrogens with zero attached hydrogens (tertiary/aromatic N) is 3. The van der Waals surface area contributed by atoms with Gasteiger partial charge in [-0.3, -0.25) is 4.40 Å². The fourth-order valence-corrected chi connectivity index (χ4v) is 3.29. The van der Waals surface area contributed by atoms with E-state index < -0.39 is 11.7 Å². The molecule has 0 bridgehead atoms. The zero-order chi connectivity index (χ0) is 17.2. The fourth-order valence-electron chi connectivity index (χ4n) is 2.37. The van der Waals surface area contributed by atoms with Crippen molar-refractivity contribution in [2.45, 2.75) is 18.5 Å². The lowest BCUT2D eigenvalue weighted by Gasteiger charge is -2.12. The molecule has 0 unspecified atom stereocenters. The molecule has 2 aromatic heterocycles. The van der Waals surface area contributed by atoms with Gasteiger partial charge in [0, 0.05) is 17.7 Å². The number of aromatic nitrogens is 3. The zero-order valence-corrected chi connectivity index (χ0v) is 13.3. The molecule has 126 valence electrons. The van der Waals surface area contributed by atoms with Gasteiger partial charge in [-0.1, -0.05) is 24.3 Å². The van der Waals surface area contributed by atoms with Gasteiger partial charge in [-0.2, -0.15) is 24.9 Å². The third kappa shape index (κ3) is 3.48. The molecule has 0 aliphatic heterocycles. The van der Waals surface area contributed by atoms with E-state index in [1.807, 2.05) is 0 Å². The molecule has 0 radical (unpaired) electrons. The number of thioether (sulfide) groups is 1. The monoisotopic (exact) mass is 353 g/mol. The minimum absolute atomic E-state index is 0.234. The number of hydrogen-bond acceptors (Lipinski definition) is 3. The molecule has 0 aliphatic rings. The molecule has 0 N–H and O–H groups in total. The van der Waals surface area contributed by atoms with Crippen molar-refractivity contribution >= 4 is 17.4 Å². The minimum atomic E-state index is -4.35. The highest BCUT2D eigenvalue weighted by atomic mass is 32.2. The SMILES string of the molecule is O=c1n(CCSCc2ccccc2C(F)(F)F)nc2ccccn12. The Bertz CT molecular complexity index is 901. The first kappa shape index (κ1) is 16.6. The second kappa shape index (κ2) is 6.72. The number of hydrogen-bond donors (Lipinski definition) is 0. The summed E-state index contributed by atoms with van der Waals surface area (Å²) >= 11 is 1.34. The number of halogens is 3. The Kier molecular flexibility index (Phi) is 4.66. The summed E-state index contributed by atoms with van der Waals surface area (Å²) in [7, 11) is 0. The second-order valence-corrected chi connectivity index (χ2v) is 6.25. The van der Waals surface area contributed by atoms with Gasteiger partial charge in [0.2, 0.25) is 0 Å². The molecule has 4 nitrogen and oxygen atoms in total. The van der Waals surface area contributed by atoms with Gasteiger partial charge in [-0.05, 0) is 23.8 Å². The van der Waals surface area contributed by atoms with Crippen LogP contribution in [-0.2, 0) is 18.5 Å². The summed E-state index contributed by atoms with van der Waals surface area (Å²) in [5, 5.41) is 4.19. The van der Waals surface area contributed by atoms with Gasteiger partial charge in [0.1, 0.15) is 0 Å². The molecule has 1 aromatic carbocycles. The number of rotatable bonds is 5. The average molecular weight is 353 g/mol. The summed E-state index contributed by atoms with van der Waals surface area (Å²) in [5.41, 5.74) is -0.0587. The van der Waals surface area contributed by atoms with E-state index in [0.717, 1.165) is 6.07 Å². The lowest BCUT2D eigenvalue weighted by Crippen LogP contribution is -2.22. The first-order valence-corrected chi connectivity index (χ1v) is 8.39. The Morgan fingerprint density at radius 2 is 1.83 bits per heavy atom. The Hall–Kier alpha value is -2.22. The zero-order valence-electron chi connectivity index (χ0n) is 12.5. The topological polar surface area (TPSA) is 39.3 Å².